The highest BCUT2D eigenvalue weighted by Crippen LogP contribution is 2.39. The third-order valence-electron chi connectivity index (χ3n) is 2.40. The fourth-order valence-corrected chi connectivity index (χ4v) is 1.71. The maximum atomic E-state index is 9.86. The number of allylic oxidation sites excluding steroid dienone is 1. The van der Waals surface area contributed by atoms with Gasteiger partial charge in [-0.25, -0.2) is 0 Å². The molecule has 1 atom stereocenters. The zero-order valence-corrected chi connectivity index (χ0v) is 10.00. The van der Waals surface area contributed by atoms with Gasteiger partial charge < -0.3 is 15.6 Å². The van der Waals surface area contributed by atoms with Gasteiger partial charge in [-0.15, -0.1) is 6.58 Å². The minimum atomic E-state index is -0.313. The van der Waals surface area contributed by atoms with Crippen LogP contribution in [0.5, 0.6) is 11.5 Å². The molecular formula is C12H16ClNO2. The number of hydrogen-bond acceptors (Lipinski definition) is 3. The molecule has 0 fully saturated rings. The van der Waals surface area contributed by atoms with Crippen LogP contribution in [0, 0.1) is 0 Å². The molecule has 4 heteroatoms. The predicted octanol–water partition coefficient (Wildman–Crippen LogP) is 3.02. The summed E-state index contributed by atoms with van der Waals surface area (Å²) in [6.07, 6.45) is 3.25. The molecule has 88 valence electrons. The molecule has 1 rings (SSSR count). The number of hydrogen-bond donors (Lipinski definition) is 2. The summed E-state index contributed by atoms with van der Waals surface area (Å²) in [5.74, 6) is 0.552. The first kappa shape index (κ1) is 12.9. The molecule has 0 aromatic heterocycles. The lowest BCUT2D eigenvalue weighted by atomic mass is 10.0. The molecule has 0 unspecified atom stereocenters. The number of phenols is 1. The first-order valence-electron chi connectivity index (χ1n) is 5.03. The second kappa shape index (κ2) is 5.77. The van der Waals surface area contributed by atoms with Gasteiger partial charge in [-0.1, -0.05) is 17.7 Å². The molecular weight excluding hydrogens is 226 g/mol. The largest absolute Gasteiger partial charge is 0.506 e. The molecule has 1 aromatic carbocycles. The molecule has 0 amide bonds. The van der Waals surface area contributed by atoms with Gasteiger partial charge in [0.05, 0.1) is 17.7 Å². The number of benzene rings is 1. The van der Waals surface area contributed by atoms with E-state index in [9.17, 15) is 5.11 Å². The van der Waals surface area contributed by atoms with E-state index in [1.54, 1.807) is 18.2 Å². The number of aromatic hydroxyl groups is 1. The summed E-state index contributed by atoms with van der Waals surface area (Å²) in [5, 5.41) is 10.1. The zero-order chi connectivity index (χ0) is 12.1. The van der Waals surface area contributed by atoms with Crippen LogP contribution in [0.1, 0.15) is 24.4 Å². The van der Waals surface area contributed by atoms with Crippen LogP contribution >= 0.6 is 11.6 Å². The fraction of sp³-hybridized carbons (Fsp3) is 0.333. The van der Waals surface area contributed by atoms with E-state index >= 15 is 0 Å². The van der Waals surface area contributed by atoms with E-state index in [0.717, 1.165) is 6.42 Å². The lowest BCUT2D eigenvalue weighted by molar-refractivity contribution is 0.391. The summed E-state index contributed by atoms with van der Waals surface area (Å²) in [6.45, 7) is 3.63. The molecule has 0 bridgehead atoms. The van der Waals surface area contributed by atoms with Crippen LogP contribution in [0.2, 0.25) is 5.02 Å². The molecule has 0 aliphatic carbocycles. The predicted molar refractivity (Wildman–Crippen MR) is 66.0 cm³/mol. The molecule has 0 spiro atoms. The van der Waals surface area contributed by atoms with E-state index in [-0.39, 0.29) is 16.8 Å². The van der Waals surface area contributed by atoms with Crippen molar-refractivity contribution >= 4 is 11.6 Å². The minimum absolute atomic E-state index is 0.00224. The molecule has 0 saturated heterocycles. The highest BCUT2D eigenvalue weighted by Gasteiger charge is 2.18. The SMILES string of the molecule is C=CCC[C@@H](N)c1c(OC)ccc(Cl)c1O. The van der Waals surface area contributed by atoms with Crippen LogP contribution in [-0.4, -0.2) is 12.2 Å². The van der Waals surface area contributed by atoms with Crippen molar-refractivity contribution in [2.45, 2.75) is 18.9 Å². The lowest BCUT2D eigenvalue weighted by Crippen LogP contribution is -2.11. The van der Waals surface area contributed by atoms with Crippen LogP contribution in [-0.2, 0) is 0 Å². The fourth-order valence-electron chi connectivity index (χ4n) is 1.54. The second-order valence-electron chi connectivity index (χ2n) is 3.48. The smallest absolute Gasteiger partial charge is 0.142 e. The van der Waals surface area contributed by atoms with Gasteiger partial charge in [0, 0.05) is 6.04 Å². The molecule has 0 aliphatic heterocycles. The average Bonchev–Trinajstić information content (AvgIpc) is 2.29. The normalized spacial score (nSPS) is 12.2. The molecule has 0 radical (unpaired) electrons. The Morgan fingerprint density at radius 3 is 2.88 bits per heavy atom. The van der Waals surface area contributed by atoms with Crippen LogP contribution in [0.15, 0.2) is 24.8 Å². The Bertz CT molecular complexity index is 380. The van der Waals surface area contributed by atoms with Crippen molar-refractivity contribution in [2.75, 3.05) is 7.11 Å². The molecule has 0 saturated carbocycles. The number of methoxy groups -OCH3 is 1. The van der Waals surface area contributed by atoms with E-state index in [4.69, 9.17) is 22.1 Å². The third-order valence-corrected chi connectivity index (χ3v) is 2.71. The number of ether oxygens (including phenoxy) is 1. The quantitative estimate of drug-likeness (QED) is 0.780. The van der Waals surface area contributed by atoms with Crippen LogP contribution in [0.3, 0.4) is 0 Å². The van der Waals surface area contributed by atoms with Gasteiger partial charge in [0.2, 0.25) is 0 Å². The maximum absolute atomic E-state index is 9.86. The Morgan fingerprint density at radius 1 is 1.62 bits per heavy atom. The standard InChI is InChI=1S/C12H16ClNO2/c1-3-4-5-9(14)11-10(16-2)7-6-8(13)12(11)15/h3,6-7,9,15H,1,4-5,14H2,2H3/t9-/m1/s1. The van der Waals surface area contributed by atoms with Gasteiger partial charge in [-0.2, -0.15) is 0 Å². The highest BCUT2D eigenvalue weighted by molar-refractivity contribution is 6.32. The lowest BCUT2D eigenvalue weighted by Gasteiger charge is -2.17. The van der Waals surface area contributed by atoms with Crippen LogP contribution in [0.4, 0.5) is 0 Å². The topological polar surface area (TPSA) is 55.5 Å². The Hall–Kier alpha value is -1.19. The Labute approximate surface area is 100 Å². The first-order chi connectivity index (χ1) is 7.61. The van der Waals surface area contributed by atoms with Crippen molar-refractivity contribution in [3.05, 3.63) is 35.4 Å². The van der Waals surface area contributed by atoms with Gasteiger partial charge in [0.25, 0.3) is 0 Å². The summed E-state index contributed by atoms with van der Waals surface area (Å²) < 4.78 is 5.16. The van der Waals surface area contributed by atoms with Gasteiger partial charge in [0.15, 0.2) is 0 Å². The van der Waals surface area contributed by atoms with Gasteiger partial charge >= 0.3 is 0 Å². The Kier molecular flexibility index (Phi) is 4.65. The number of rotatable bonds is 5. The summed E-state index contributed by atoms with van der Waals surface area (Å²) >= 11 is 5.84. The van der Waals surface area contributed by atoms with Crippen molar-refractivity contribution in [1.29, 1.82) is 0 Å². The van der Waals surface area contributed by atoms with Crippen LogP contribution in [0.25, 0.3) is 0 Å². The average molecular weight is 242 g/mol. The van der Waals surface area contributed by atoms with E-state index in [0.29, 0.717) is 17.7 Å². The van der Waals surface area contributed by atoms with E-state index < -0.39 is 0 Å². The van der Waals surface area contributed by atoms with Gasteiger partial charge in [-0.3, -0.25) is 0 Å². The number of halogens is 1. The highest BCUT2D eigenvalue weighted by atomic mass is 35.5. The molecule has 3 nitrogen and oxygen atoms in total. The van der Waals surface area contributed by atoms with E-state index in [1.807, 2.05) is 0 Å². The number of phenolic OH excluding ortho intramolecular Hbond substituents is 1. The van der Waals surface area contributed by atoms with Gasteiger partial charge in [0.1, 0.15) is 11.5 Å². The van der Waals surface area contributed by atoms with E-state index in [2.05, 4.69) is 6.58 Å². The van der Waals surface area contributed by atoms with Crippen molar-refractivity contribution in [3.63, 3.8) is 0 Å². The third kappa shape index (κ3) is 2.68. The minimum Gasteiger partial charge on any atom is -0.506 e. The molecule has 0 heterocycles. The zero-order valence-electron chi connectivity index (χ0n) is 9.24. The Balaban J connectivity index is 3.08. The van der Waals surface area contributed by atoms with Crippen molar-refractivity contribution < 1.29 is 9.84 Å². The van der Waals surface area contributed by atoms with E-state index in [1.165, 1.54) is 7.11 Å². The number of nitrogens with two attached hydrogens (primary N) is 1. The van der Waals surface area contributed by atoms with Gasteiger partial charge in [-0.05, 0) is 25.0 Å². The molecule has 3 N–H and O–H groups in total. The molecule has 16 heavy (non-hydrogen) atoms. The monoisotopic (exact) mass is 241 g/mol. The summed E-state index contributed by atoms with van der Waals surface area (Å²) in [5.41, 5.74) is 6.53. The van der Waals surface area contributed by atoms with Crippen molar-refractivity contribution in [1.82, 2.24) is 0 Å². The Morgan fingerprint density at radius 2 is 2.31 bits per heavy atom. The second-order valence-corrected chi connectivity index (χ2v) is 3.89. The summed E-state index contributed by atoms with van der Waals surface area (Å²) in [7, 11) is 1.53. The van der Waals surface area contributed by atoms with Crippen LogP contribution < -0.4 is 10.5 Å². The van der Waals surface area contributed by atoms with Crippen molar-refractivity contribution in [3.8, 4) is 11.5 Å². The molecule has 1 aromatic rings. The molecule has 0 aliphatic rings. The maximum Gasteiger partial charge on any atom is 0.142 e. The summed E-state index contributed by atoms with van der Waals surface area (Å²) in [6, 6.07) is 2.97. The van der Waals surface area contributed by atoms with Crippen molar-refractivity contribution in [2.24, 2.45) is 5.73 Å². The summed E-state index contributed by atoms with van der Waals surface area (Å²) in [4.78, 5) is 0. The first-order valence-corrected chi connectivity index (χ1v) is 5.41.